The van der Waals surface area contributed by atoms with Gasteiger partial charge in [0.05, 0.1) is 11.4 Å². The topological polar surface area (TPSA) is 92.5 Å². The molecular weight excluding hydrogens is 402 g/mol. The Kier molecular flexibility index (Phi) is 4.82. The van der Waals surface area contributed by atoms with Gasteiger partial charge in [0.25, 0.3) is 5.91 Å². The molecule has 0 bridgehead atoms. The highest BCUT2D eigenvalue weighted by Gasteiger charge is 2.28. The van der Waals surface area contributed by atoms with E-state index in [9.17, 15) is 13.2 Å². The molecule has 7 nitrogen and oxygen atoms in total. The quantitative estimate of drug-likeness (QED) is 0.697. The normalized spacial score (nSPS) is 15.5. The highest BCUT2D eigenvalue weighted by Crippen LogP contribution is 2.26. The van der Waals surface area contributed by atoms with Crippen molar-refractivity contribution < 1.29 is 17.7 Å². The maximum atomic E-state index is 12.4. The molecule has 0 saturated carbocycles. The van der Waals surface area contributed by atoms with E-state index in [2.05, 4.69) is 10.5 Å². The van der Waals surface area contributed by atoms with Crippen LogP contribution in [0.1, 0.15) is 16.9 Å². The number of aromatic nitrogens is 1. The van der Waals surface area contributed by atoms with E-state index in [4.69, 9.17) is 16.1 Å². The van der Waals surface area contributed by atoms with E-state index in [0.717, 1.165) is 5.56 Å². The van der Waals surface area contributed by atoms with Crippen LogP contribution in [0.5, 0.6) is 0 Å². The van der Waals surface area contributed by atoms with Crippen molar-refractivity contribution >= 4 is 38.9 Å². The van der Waals surface area contributed by atoms with E-state index >= 15 is 0 Å². The van der Waals surface area contributed by atoms with Crippen molar-refractivity contribution in [2.24, 2.45) is 0 Å². The van der Waals surface area contributed by atoms with Crippen molar-refractivity contribution in [3.8, 4) is 11.3 Å². The lowest BCUT2D eigenvalue weighted by Gasteiger charge is -2.17. The molecule has 2 aromatic carbocycles. The molecule has 0 spiro atoms. The zero-order chi connectivity index (χ0) is 19.7. The van der Waals surface area contributed by atoms with Gasteiger partial charge < -0.3 is 9.84 Å². The zero-order valence-electron chi connectivity index (χ0n) is 14.6. The SMILES string of the molecule is O=C(Nc1ccc(N2CCCS2(=O)=O)cc1)c1cc(-c2ccc(Cl)cc2)on1. The molecule has 0 aliphatic carbocycles. The average Bonchev–Trinajstić information content (AvgIpc) is 3.30. The predicted molar refractivity (Wildman–Crippen MR) is 107 cm³/mol. The van der Waals surface area contributed by atoms with E-state index in [-0.39, 0.29) is 11.4 Å². The molecule has 0 atom stereocenters. The van der Waals surface area contributed by atoms with Crippen molar-refractivity contribution in [3.05, 3.63) is 65.3 Å². The largest absolute Gasteiger partial charge is 0.355 e. The summed E-state index contributed by atoms with van der Waals surface area (Å²) >= 11 is 5.87. The summed E-state index contributed by atoms with van der Waals surface area (Å²) in [5.41, 5.74) is 2.01. The van der Waals surface area contributed by atoms with Crippen molar-refractivity contribution in [1.29, 1.82) is 0 Å². The fourth-order valence-electron chi connectivity index (χ4n) is 2.97. The Morgan fingerprint density at radius 3 is 2.46 bits per heavy atom. The first-order valence-corrected chi connectivity index (χ1v) is 10.6. The number of nitrogens with zero attached hydrogens (tertiary/aromatic N) is 2. The highest BCUT2D eigenvalue weighted by atomic mass is 35.5. The lowest BCUT2D eigenvalue weighted by Crippen LogP contribution is -2.25. The molecule has 1 saturated heterocycles. The number of hydrogen-bond acceptors (Lipinski definition) is 5. The summed E-state index contributed by atoms with van der Waals surface area (Å²) in [7, 11) is -3.23. The van der Waals surface area contributed by atoms with Gasteiger partial charge in [0.1, 0.15) is 0 Å². The van der Waals surface area contributed by atoms with E-state index in [1.165, 1.54) is 4.31 Å². The number of anilines is 2. The third-order valence-electron chi connectivity index (χ3n) is 4.38. The van der Waals surface area contributed by atoms with Crippen LogP contribution in [0.2, 0.25) is 5.02 Å². The summed E-state index contributed by atoms with van der Waals surface area (Å²) in [6.07, 6.45) is 0.614. The molecule has 1 aliphatic heterocycles. The summed E-state index contributed by atoms with van der Waals surface area (Å²) in [6.45, 7) is 0.473. The van der Waals surface area contributed by atoms with Crippen LogP contribution in [0, 0.1) is 0 Å². The molecule has 28 heavy (non-hydrogen) atoms. The third-order valence-corrected chi connectivity index (χ3v) is 6.51. The van der Waals surface area contributed by atoms with Crippen LogP contribution >= 0.6 is 11.6 Å². The van der Waals surface area contributed by atoms with E-state index < -0.39 is 15.9 Å². The Hall–Kier alpha value is -2.84. The predicted octanol–water partition coefficient (Wildman–Crippen LogP) is 3.79. The average molecular weight is 418 g/mol. The van der Waals surface area contributed by atoms with Crippen LogP contribution in [-0.4, -0.2) is 31.8 Å². The maximum Gasteiger partial charge on any atom is 0.277 e. The Morgan fingerprint density at radius 1 is 1.11 bits per heavy atom. The van der Waals surface area contributed by atoms with Crippen molar-refractivity contribution in [2.75, 3.05) is 21.9 Å². The first kappa shape index (κ1) is 18.5. The van der Waals surface area contributed by atoms with Gasteiger partial charge in [-0.3, -0.25) is 9.10 Å². The number of rotatable bonds is 4. The minimum atomic E-state index is -3.23. The minimum absolute atomic E-state index is 0.135. The van der Waals surface area contributed by atoms with E-state index in [1.54, 1.807) is 54.6 Å². The highest BCUT2D eigenvalue weighted by molar-refractivity contribution is 7.93. The zero-order valence-corrected chi connectivity index (χ0v) is 16.2. The summed E-state index contributed by atoms with van der Waals surface area (Å²) < 4.78 is 30.6. The number of halogens is 1. The molecule has 1 aromatic heterocycles. The molecule has 144 valence electrons. The van der Waals surface area contributed by atoms with E-state index in [1.807, 2.05) is 0 Å². The number of hydrogen-bond donors (Lipinski definition) is 1. The molecule has 4 rings (SSSR count). The Morgan fingerprint density at radius 2 is 1.82 bits per heavy atom. The smallest absolute Gasteiger partial charge is 0.277 e. The van der Waals surface area contributed by atoms with Gasteiger partial charge in [0.15, 0.2) is 11.5 Å². The monoisotopic (exact) mass is 417 g/mol. The number of carbonyl (C=O) groups is 1. The molecule has 1 N–H and O–H groups in total. The molecule has 1 aliphatic rings. The summed E-state index contributed by atoms with van der Waals surface area (Å²) in [5, 5.41) is 7.13. The van der Waals surface area contributed by atoms with Crippen molar-refractivity contribution in [2.45, 2.75) is 6.42 Å². The molecular formula is C19H16ClN3O4S. The lowest BCUT2D eigenvalue weighted by atomic mass is 10.1. The molecule has 0 radical (unpaired) electrons. The Bertz CT molecular complexity index is 1110. The summed E-state index contributed by atoms with van der Waals surface area (Å²) in [5.74, 6) is 0.190. The first-order chi connectivity index (χ1) is 13.4. The van der Waals surface area contributed by atoms with Crippen LogP contribution in [0.3, 0.4) is 0 Å². The van der Waals surface area contributed by atoms with Crippen molar-refractivity contribution in [3.63, 3.8) is 0 Å². The van der Waals surface area contributed by atoms with Crippen LogP contribution in [0.4, 0.5) is 11.4 Å². The molecule has 9 heteroatoms. The molecule has 1 amide bonds. The van der Waals surface area contributed by atoms with Crippen LogP contribution in [-0.2, 0) is 10.0 Å². The Balaban J connectivity index is 1.46. The van der Waals surface area contributed by atoms with Gasteiger partial charge in [-0.15, -0.1) is 0 Å². The Labute approximate surface area is 167 Å². The van der Waals surface area contributed by atoms with Crippen LogP contribution < -0.4 is 9.62 Å². The van der Waals surface area contributed by atoms with Crippen molar-refractivity contribution in [1.82, 2.24) is 5.16 Å². The number of sulfonamides is 1. The fourth-order valence-corrected chi connectivity index (χ4v) is 4.66. The fraction of sp³-hybridized carbons (Fsp3) is 0.158. The summed E-state index contributed by atoms with van der Waals surface area (Å²) in [6, 6.07) is 15.2. The molecule has 1 fully saturated rings. The second-order valence-corrected chi connectivity index (χ2v) is 8.78. The van der Waals surface area contributed by atoms with Gasteiger partial charge in [-0.1, -0.05) is 16.8 Å². The maximum absolute atomic E-state index is 12.4. The van der Waals surface area contributed by atoms with Gasteiger partial charge in [0.2, 0.25) is 10.0 Å². The molecule has 2 heterocycles. The van der Waals surface area contributed by atoms with E-state index in [0.29, 0.717) is 35.1 Å². The van der Waals surface area contributed by atoms with Crippen LogP contribution in [0.15, 0.2) is 59.1 Å². The molecule has 3 aromatic rings. The second-order valence-electron chi connectivity index (χ2n) is 6.33. The van der Waals surface area contributed by atoms with Gasteiger partial charge in [0, 0.05) is 28.9 Å². The van der Waals surface area contributed by atoms with Gasteiger partial charge in [-0.2, -0.15) is 0 Å². The van der Waals surface area contributed by atoms with Gasteiger partial charge in [-0.05, 0) is 55.0 Å². The second kappa shape index (κ2) is 7.29. The first-order valence-electron chi connectivity index (χ1n) is 8.57. The number of benzene rings is 2. The third kappa shape index (κ3) is 3.74. The lowest BCUT2D eigenvalue weighted by molar-refractivity contribution is 0.101. The van der Waals surface area contributed by atoms with Gasteiger partial charge in [-0.25, -0.2) is 8.42 Å². The number of nitrogens with one attached hydrogen (secondary N) is 1. The minimum Gasteiger partial charge on any atom is -0.355 e. The standard InChI is InChI=1S/C19H16ClN3O4S/c20-14-4-2-13(3-5-14)18-12-17(22-27-18)19(24)21-15-6-8-16(9-7-15)23-10-1-11-28(23,25)26/h2-9,12H,1,10-11H2,(H,21,24). The number of amides is 1. The van der Waals surface area contributed by atoms with Crippen LogP contribution in [0.25, 0.3) is 11.3 Å². The number of carbonyl (C=O) groups excluding carboxylic acids is 1. The summed E-state index contributed by atoms with van der Waals surface area (Å²) in [4.78, 5) is 12.4. The van der Waals surface area contributed by atoms with Gasteiger partial charge >= 0.3 is 0 Å². The molecule has 0 unspecified atom stereocenters.